The summed E-state index contributed by atoms with van der Waals surface area (Å²) in [6.45, 7) is 0. The van der Waals surface area contributed by atoms with Gasteiger partial charge in [0.15, 0.2) is 17.5 Å². The van der Waals surface area contributed by atoms with Gasteiger partial charge in [-0.25, -0.2) is 15.0 Å². The molecule has 0 radical (unpaired) electrons. The molecule has 0 amide bonds. The molecule has 0 saturated heterocycles. The Morgan fingerprint density at radius 2 is 1.02 bits per heavy atom. The molecule has 1 atom stereocenters. The van der Waals surface area contributed by atoms with Gasteiger partial charge in [0, 0.05) is 16.7 Å². The predicted molar refractivity (Wildman–Crippen MR) is 236 cm³/mol. The van der Waals surface area contributed by atoms with Crippen molar-refractivity contribution in [1.29, 1.82) is 5.26 Å². The molecule has 13 rings (SSSR count). The molecule has 5 aliphatic carbocycles. The van der Waals surface area contributed by atoms with Gasteiger partial charge in [-0.05, 0) is 130 Å². The lowest BCUT2D eigenvalue weighted by molar-refractivity contribution is -0.00519. The molecule has 4 heteroatoms. The smallest absolute Gasteiger partial charge is 0.164 e. The lowest BCUT2D eigenvalue weighted by Gasteiger charge is -2.57. The molecule has 8 aromatic rings. The summed E-state index contributed by atoms with van der Waals surface area (Å²) in [6.07, 6.45) is 8.46. The molecular formula is C55H42N4. The minimum Gasteiger partial charge on any atom is -0.208 e. The average molecular weight is 759 g/mol. The average Bonchev–Trinajstić information content (AvgIpc) is 3.59. The summed E-state index contributed by atoms with van der Waals surface area (Å²) >= 11 is 0. The Labute approximate surface area is 345 Å². The topological polar surface area (TPSA) is 62.5 Å². The summed E-state index contributed by atoms with van der Waals surface area (Å²) < 4.78 is 0. The van der Waals surface area contributed by atoms with Gasteiger partial charge in [0.25, 0.3) is 0 Å². The molecule has 7 aromatic carbocycles. The first kappa shape index (κ1) is 34.4. The van der Waals surface area contributed by atoms with E-state index < -0.39 is 5.41 Å². The fourth-order valence-electron chi connectivity index (χ4n) is 12.3. The van der Waals surface area contributed by atoms with Crippen molar-refractivity contribution in [2.24, 2.45) is 17.8 Å². The molecule has 59 heavy (non-hydrogen) atoms. The van der Waals surface area contributed by atoms with Crippen LogP contribution in [0.2, 0.25) is 0 Å². The normalized spacial score (nSPS) is 23.5. The van der Waals surface area contributed by atoms with Crippen molar-refractivity contribution in [3.05, 3.63) is 197 Å². The Bertz CT molecular complexity index is 2950. The third-order valence-corrected chi connectivity index (χ3v) is 14.4. The van der Waals surface area contributed by atoms with Crippen LogP contribution in [0.4, 0.5) is 0 Å². The predicted octanol–water partition coefficient (Wildman–Crippen LogP) is 12.7. The van der Waals surface area contributed by atoms with Gasteiger partial charge in [-0.1, -0.05) is 146 Å². The van der Waals surface area contributed by atoms with E-state index in [2.05, 4.69) is 109 Å². The van der Waals surface area contributed by atoms with Crippen LogP contribution in [0, 0.1) is 29.1 Å². The summed E-state index contributed by atoms with van der Waals surface area (Å²) in [6, 6.07) is 61.2. The summed E-state index contributed by atoms with van der Waals surface area (Å²) in [5, 5.41) is 11.6. The number of fused-ring (bicyclic) bond motifs is 4. The first-order chi connectivity index (χ1) is 29.1. The lowest BCUT2D eigenvalue weighted by Crippen LogP contribution is -2.48. The number of nitriles is 1. The number of aromatic nitrogens is 3. The number of hydrogen-bond acceptors (Lipinski definition) is 4. The molecule has 4 bridgehead atoms. The van der Waals surface area contributed by atoms with E-state index in [0.29, 0.717) is 28.5 Å². The molecule has 1 unspecified atom stereocenters. The maximum absolute atomic E-state index is 9.75. The Hall–Kier alpha value is -6.70. The van der Waals surface area contributed by atoms with Crippen LogP contribution in [0.25, 0.3) is 56.1 Å². The summed E-state index contributed by atoms with van der Waals surface area (Å²) in [5.74, 6) is 4.57. The zero-order valence-corrected chi connectivity index (χ0v) is 32.9. The van der Waals surface area contributed by atoms with Gasteiger partial charge >= 0.3 is 0 Å². The Morgan fingerprint density at radius 1 is 0.458 bits per heavy atom. The highest BCUT2D eigenvalue weighted by molar-refractivity contribution is 5.91. The van der Waals surface area contributed by atoms with Crippen molar-refractivity contribution >= 4 is 10.8 Å². The van der Waals surface area contributed by atoms with Gasteiger partial charge in [0.2, 0.25) is 0 Å². The molecule has 0 N–H and O–H groups in total. The van der Waals surface area contributed by atoms with Crippen LogP contribution in [0.1, 0.15) is 71.9 Å². The van der Waals surface area contributed by atoms with Crippen LogP contribution >= 0.6 is 0 Å². The highest BCUT2D eigenvalue weighted by Crippen LogP contribution is 2.61. The second kappa shape index (κ2) is 13.2. The fourth-order valence-corrected chi connectivity index (χ4v) is 12.3. The Kier molecular flexibility index (Phi) is 7.66. The van der Waals surface area contributed by atoms with E-state index in [1.165, 1.54) is 71.9 Å². The van der Waals surface area contributed by atoms with Crippen LogP contribution in [-0.2, 0) is 10.8 Å². The zero-order chi connectivity index (χ0) is 39.1. The van der Waals surface area contributed by atoms with E-state index in [1.54, 1.807) is 5.56 Å². The monoisotopic (exact) mass is 758 g/mol. The molecule has 282 valence electrons. The van der Waals surface area contributed by atoms with Crippen molar-refractivity contribution in [1.82, 2.24) is 15.0 Å². The maximum Gasteiger partial charge on any atom is 0.164 e. The first-order valence-corrected chi connectivity index (χ1v) is 21.2. The fraction of sp³-hybridized carbons (Fsp3) is 0.200. The molecule has 1 heterocycles. The molecule has 4 fully saturated rings. The molecular weight excluding hydrogens is 717 g/mol. The van der Waals surface area contributed by atoms with Crippen molar-refractivity contribution < 1.29 is 0 Å². The first-order valence-electron chi connectivity index (χ1n) is 21.2. The summed E-state index contributed by atoms with van der Waals surface area (Å²) in [7, 11) is 0. The molecule has 1 aromatic heterocycles. The number of hydrogen-bond donors (Lipinski definition) is 0. The van der Waals surface area contributed by atoms with Gasteiger partial charge in [0.05, 0.1) is 17.0 Å². The van der Waals surface area contributed by atoms with Crippen LogP contribution in [-0.4, -0.2) is 15.0 Å². The second-order valence-electron chi connectivity index (χ2n) is 17.7. The van der Waals surface area contributed by atoms with E-state index in [9.17, 15) is 5.26 Å². The third-order valence-electron chi connectivity index (χ3n) is 14.4. The molecule has 4 saturated carbocycles. The van der Waals surface area contributed by atoms with Crippen LogP contribution in [0.3, 0.4) is 0 Å². The van der Waals surface area contributed by atoms with E-state index in [1.807, 2.05) is 60.7 Å². The van der Waals surface area contributed by atoms with E-state index in [-0.39, 0.29) is 0 Å². The van der Waals surface area contributed by atoms with Crippen molar-refractivity contribution in [2.45, 2.75) is 49.4 Å². The second-order valence-corrected chi connectivity index (χ2v) is 17.7. The van der Waals surface area contributed by atoms with Gasteiger partial charge in [-0.3, -0.25) is 0 Å². The van der Waals surface area contributed by atoms with E-state index >= 15 is 0 Å². The highest BCUT2D eigenvalue weighted by Gasteiger charge is 2.52. The number of nitrogens with zero attached hydrogens (tertiary/aromatic N) is 4. The van der Waals surface area contributed by atoms with Crippen molar-refractivity contribution in [3.8, 4) is 51.4 Å². The highest BCUT2D eigenvalue weighted by atomic mass is 15.0. The minimum atomic E-state index is -0.488. The maximum atomic E-state index is 9.75. The lowest BCUT2D eigenvalue weighted by atomic mass is 9.48. The van der Waals surface area contributed by atoms with Crippen molar-refractivity contribution in [2.75, 3.05) is 0 Å². The SMILES string of the molecule is N#Cc1cccc2cc(-c3nc(-c4ccccc4)nc(-c4ccc5c(c4)-c4ccccc4C5(c4ccccc4)c4ccc(C56C[C@H]7C[C@@H](C5)C[C@@H](C6)C7)cc4)n3)ccc12. The zero-order valence-electron chi connectivity index (χ0n) is 32.9. The summed E-state index contributed by atoms with van der Waals surface area (Å²) in [4.78, 5) is 15.4. The summed E-state index contributed by atoms with van der Waals surface area (Å²) in [5.41, 5.74) is 12.4. The number of rotatable bonds is 6. The molecule has 4 nitrogen and oxygen atoms in total. The van der Waals surface area contributed by atoms with E-state index in [0.717, 1.165) is 45.2 Å². The Morgan fingerprint density at radius 3 is 1.71 bits per heavy atom. The van der Waals surface area contributed by atoms with Crippen LogP contribution in [0.5, 0.6) is 0 Å². The molecule has 5 aliphatic rings. The van der Waals surface area contributed by atoms with Gasteiger partial charge in [-0.2, -0.15) is 5.26 Å². The van der Waals surface area contributed by atoms with Crippen LogP contribution in [0.15, 0.2) is 164 Å². The van der Waals surface area contributed by atoms with Gasteiger partial charge in [-0.15, -0.1) is 0 Å². The van der Waals surface area contributed by atoms with E-state index in [4.69, 9.17) is 15.0 Å². The quantitative estimate of drug-likeness (QED) is 0.169. The van der Waals surface area contributed by atoms with Gasteiger partial charge < -0.3 is 0 Å². The minimum absolute atomic E-state index is 0.349. The Balaban J connectivity index is 1.02. The molecule has 0 spiro atoms. The van der Waals surface area contributed by atoms with Crippen LogP contribution < -0.4 is 0 Å². The van der Waals surface area contributed by atoms with Gasteiger partial charge in [0.1, 0.15) is 0 Å². The third kappa shape index (κ3) is 5.31. The molecule has 0 aliphatic heterocycles. The van der Waals surface area contributed by atoms with Crippen molar-refractivity contribution in [3.63, 3.8) is 0 Å². The number of benzene rings is 7. The standard InChI is InChI=1S/C55H42N4/c56-34-42-13-9-12-39-29-40(18-24-46(39)42)52-57-51(38-10-3-1-4-11-38)58-53(59-52)41-19-25-50-48(30-41)47-16-7-8-17-49(47)55(50,44-14-5-2-6-15-44)45-22-20-43(21-23-45)54-31-35-26-36(32-54)28-37(27-35)33-54/h1-25,29-30,35-37H,26-28,31-33H2/t35-,36+,37-,54?,55?. The largest absolute Gasteiger partial charge is 0.208 e.